The molecule has 0 spiro atoms. The van der Waals surface area contributed by atoms with Gasteiger partial charge in [0, 0.05) is 25.0 Å². The van der Waals surface area contributed by atoms with E-state index < -0.39 is 31.0 Å². The summed E-state index contributed by atoms with van der Waals surface area (Å²) in [5.41, 5.74) is 0.909. The van der Waals surface area contributed by atoms with Crippen molar-refractivity contribution in [3.05, 3.63) is 54.4 Å². The number of hydrogen-bond acceptors (Lipinski definition) is 7. The first-order valence-corrected chi connectivity index (χ1v) is 12.0. The first-order chi connectivity index (χ1) is 12.8. The van der Waals surface area contributed by atoms with Gasteiger partial charge in [0.25, 0.3) is 0 Å². The standard InChI is InChI=1S/C18H22N2O5S2/c1-2-25-15-3-5-16(6-4-15)27(23,24)18-13-26(21,22)12-17(18)20-11-14-7-9-19-10-8-14/h3-10,17-18,20H,2,11-13H2,1H3/t17-,18-/m0/s1. The third-order valence-electron chi connectivity index (χ3n) is 4.48. The summed E-state index contributed by atoms with van der Waals surface area (Å²) in [5.74, 6) is -0.00175. The van der Waals surface area contributed by atoms with Gasteiger partial charge < -0.3 is 10.1 Å². The molecule has 27 heavy (non-hydrogen) atoms. The minimum absolute atomic E-state index is 0.101. The van der Waals surface area contributed by atoms with Crippen LogP contribution in [-0.2, 0) is 26.2 Å². The Morgan fingerprint density at radius 1 is 1.11 bits per heavy atom. The molecule has 9 heteroatoms. The predicted octanol–water partition coefficient (Wildman–Crippen LogP) is 1.21. The van der Waals surface area contributed by atoms with Gasteiger partial charge in [-0.25, -0.2) is 16.8 Å². The Bertz CT molecular complexity index is 974. The van der Waals surface area contributed by atoms with E-state index in [4.69, 9.17) is 4.74 Å². The molecule has 1 aliphatic rings. The summed E-state index contributed by atoms with van der Waals surface area (Å²) >= 11 is 0. The normalized spacial score (nSPS) is 21.8. The van der Waals surface area contributed by atoms with Crippen molar-refractivity contribution in [1.29, 1.82) is 0 Å². The number of pyridine rings is 1. The van der Waals surface area contributed by atoms with Gasteiger partial charge >= 0.3 is 0 Å². The maximum Gasteiger partial charge on any atom is 0.183 e. The molecular formula is C18H22N2O5S2. The number of nitrogens with zero attached hydrogens (tertiary/aromatic N) is 1. The number of rotatable bonds is 7. The Morgan fingerprint density at radius 3 is 2.41 bits per heavy atom. The molecule has 1 fully saturated rings. The molecular weight excluding hydrogens is 388 g/mol. The van der Waals surface area contributed by atoms with Gasteiger partial charge in [-0.2, -0.15) is 0 Å². The zero-order valence-electron chi connectivity index (χ0n) is 14.9. The van der Waals surface area contributed by atoms with Crippen molar-refractivity contribution >= 4 is 19.7 Å². The number of benzene rings is 1. The number of hydrogen-bond donors (Lipinski definition) is 1. The van der Waals surface area contributed by atoms with Crippen LogP contribution in [0.1, 0.15) is 12.5 Å². The molecule has 1 aromatic heterocycles. The summed E-state index contributed by atoms with van der Waals surface area (Å²) < 4.78 is 55.7. The average Bonchev–Trinajstić information content (AvgIpc) is 2.97. The molecule has 1 saturated heterocycles. The second-order valence-electron chi connectivity index (χ2n) is 6.41. The van der Waals surface area contributed by atoms with Gasteiger partial charge in [0.15, 0.2) is 19.7 Å². The highest BCUT2D eigenvalue weighted by Crippen LogP contribution is 2.27. The number of aromatic nitrogens is 1. The molecule has 0 saturated carbocycles. The second-order valence-corrected chi connectivity index (χ2v) is 10.7. The monoisotopic (exact) mass is 410 g/mol. The molecule has 7 nitrogen and oxygen atoms in total. The minimum Gasteiger partial charge on any atom is -0.494 e. The number of sulfone groups is 2. The van der Waals surface area contributed by atoms with E-state index in [2.05, 4.69) is 10.3 Å². The quantitative estimate of drug-likeness (QED) is 0.732. The van der Waals surface area contributed by atoms with E-state index in [9.17, 15) is 16.8 Å². The molecule has 0 aliphatic carbocycles. The fourth-order valence-corrected chi connectivity index (χ4v) is 7.84. The van der Waals surface area contributed by atoms with E-state index >= 15 is 0 Å². The van der Waals surface area contributed by atoms with Crippen molar-refractivity contribution in [2.24, 2.45) is 0 Å². The Hall–Kier alpha value is -1.97. The Kier molecular flexibility index (Phi) is 5.83. The van der Waals surface area contributed by atoms with Gasteiger partial charge in [0.05, 0.1) is 28.3 Å². The molecule has 2 atom stereocenters. The summed E-state index contributed by atoms with van der Waals surface area (Å²) in [6.07, 6.45) is 3.27. The van der Waals surface area contributed by atoms with Gasteiger partial charge in [0.2, 0.25) is 0 Å². The lowest BCUT2D eigenvalue weighted by atomic mass is 10.2. The first-order valence-electron chi connectivity index (χ1n) is 8.61. The SMILES string of the molecule is CCOc1ccc(S(=O)(=O)[C@H]2CS(=O)(=O)C[C@@H]2NCc2ccncc2)cc1. The lowest BCUT2D eigenvalue weighted by molar-refractivity contribution is 0.340. The molecule has 0 radical (unpaired) electrons. The van der Waals surface area contributed by atoms with E-state index in [0.717, 1.165) is 5.56 Å². The van der Waals surface area contributed by atoms with Crippen LogP contribution in [0.5, 0.6) is 5.75 Å². The molecule has 3 rings (SSSR count). The highest BCUT2D eigenvalue weighted by atomic mass is 32.2. The van der Waals surface area contributed by atoms with Crippen LogP contribution in [0.25, 0.3) is 0 Å². The highest BCUT2D eigenvalue weighted by Gasteiger charge is 2.45. The number of nitrogens with one attached hydrogen (secondary N) is 1. The fourth-order valence-electron chi connectivity index (χ4n) is 3.13. The smallest absolute Gasteiger partial charge is 0.183 e. The van der Waals surface area contributed by atoms with Crippen molar-refractivity contribution in [1.82, 2.24) is 10.3 Å². The van der Waals surface area contributed by atoms with Crippen molar-refractivity contribution in [3.8, 4) is 5.75 Å². The van der Waals surface area contributed by atoms with Crippen LogP contribution in [0.4, 0.5) is 0 Å². The summed E-state index contributed by atoms with van der Waals surface area (Å²) in [6, 6.07) is 9.02. The van der Waals surface area contributed by atoms with Crippen LogP contribution in [0.2, 0.25) is 0 Å². The topological polar surface area (TPSA) is 102 Å². The largest absolute Gasteiger partial charge is 0.494 e. The summed E-state index contributed by atoms with van der Waals surface area (Å²) in [6.45, 7) is 2.69. The van der Waals surface area contributed by atoms with E-state index in [0.29, 0.717) is 18.9 Å². The van der Waals surface area contributed by atoms with Gasteiger partial charge in [0.1, 0.15) is 5.75 Å². The zero-order chi connectivity index (χ0) is 19.5. The van der Waals surface area contributed by atoms with E-state index in [1.807, 2.05) is 6.92 Å². The van der Waals surface area contributed by atoms with Crippen LogP contribution in [0.3, 0.4) is 0 Å². The van der Waals surface area contributed by atoms with Crippen molar-refractivity contribution in [2.45, 2.75) is 29.7 Å². The van der Waals surface area contributed by atoms with Gasteiger partial charge in [-0.05, 0) is 48.9 Å². The molecule has 146 valence electrons. The molecule has 2 heterocycles. The minimum atomic E-state index is -3.80. The lowest BCUT2D eigenvalue weighted by Gasteiger charge is -2.20. The lowest BCUT2D eigenvalue weighted by Crippen LogP contribution is -2.43. The predicted molar refractivity (Wildman–Crippen MR) is 102 cm³/mol. The zero-order valence-corrected chi connectivity index (χ0v) is 16.5. The van der Waals surface area contributed by atoms with Gasteiger partial charge in [-0.15, -0.1) is 0 Å². The number of ether oxygens (including phenoxy) is 1. The molecule has 2 aromatic rings. The van der Waals surface area contributed by atoms with Crippen LogP contribution in [0, 0.1) is 0 Å². The third kappa shape index (κ3) is 4.66. The first kappa shape index (κ1) is 19.8. The summed E-state index contributed by atoms with van der Waals surface area (Å²) in [5, 5.41) is 2.07. The maximum absolute atomic E-state index is 13.1. The van der Waals surface area contributed by atoms with Crippen LogP contribution >= 0.6 is 0 Å². The van der Waals surface area contributed by atoms with Crippen molar-refractivity contribution in [2.75, 3.05) is 18.1 Å². The molecule has 0 unspecified atom stereocenters. The molecule has 0 bridgehead atoms. The maximum atomic E-state index is 13.1. The van der Waals surface area contributed by atoms with E-state index in [1.165, 1.54) is 12.1 Å². The highest BCUT2D eigenvalue weighted by molar-refractivity contribution is 7.96. The van der Waals surface area contributed by atoms with Crippen LogP contribution in [0.15, 0.2) is 53.7 Å². The van der Waals surface area contributed by atoms with E-state index in [-0.39, 0.29) is 16.4 Å². The summed E-state index contributed by atoms with van der Waals surface area (Å²) in [7, 11) is -7.24. The fraction of sp³-hybridized carbons (Fsp3) is 0.389. The van der Waals surface area contributed by atoms with Crippen molar-refractivity contribution in [3.63, 3.8) is 0 Å². The van der Waals surface area contributed by atoms with Gasteiger partial charge in [-0.3, -0.25) is 4.98 Å². The Labute approximate surface area is 159 Å². The third-order valence-corrected chi connectivity index (χ3v) is 8.65. The van der Waals surface area contributed by atoms with E-state index in [1.54, 1.807) is 36.7 Å². The average molecular weight is 411 g/mol. The Balaban J connectivity index is 1.82. The molecule has 1 N–H and O–H groups in total. The van der Waals surface area contributed by atoms with Crippen LogP contribution in [-0.4, -0.2) is 51.2 Å². The van der Waals surface area contributed by atoms with Gasteiger partial charge in [-0.1, -0.05) is 0 Å². The Morgan fingerprint density at radius 2 is 1.78 bits per heavy atom. The second kappa shape index (κ2) is 7.95. The molecule has 0 amide bonds. The summed E-state index contributed by atoms with van der Waals surface area (Å²) in [4.78, 5) is 4.03. The molecule has 1 aromatic carbocycles. The molecule has 1 aliphatic heterocycles. The van der Waals surface area contributed by atoms with Crippen molar-refractivity contribution < 1.29 is 21.6 Å². The van der Waals surface area contributed by atoms with Crippen LogP contribution < -0.4 is 10.1 Å².